The van der Waals surface area contributed by atoms with E-state index in [1.165, 1.54) is 0 Å². The second kappa shape index (κ2) is 3.61. The summed E-state index contributed by atoms with van der Waals surface area (Å²) in [6.07, 6.45) is 0. The third-order valence-electron chi connectivity index (χ3n) is 2.28. The summed E-state index contributed by atoms with van der Waals surface area (Å²) in [4.78, 5) is 16.6. The number of nitrogens with zero attached hydrogens (tertiary/aromatic N) is 2. The number of hydrogen-bond donors (Lipinski definition) is 2. The lowest BCUT2D eigenvalue weighted by Gasteiger charge is -2.17. The van der Waals surface area contributed by atoms with Crippen LogP contribution in [0.2, 0.25) is 0 Å². The highest BCUT2D eigenvalue weighted by atomic mass is 16.4. The van der Waals surface area contributed by atoms with Crippen molar-refractivity contribution in [2.24, 2.45) is 10.7 Å². The first kappa shape index (κ1) is 9.51. The van der Waals surface area contributed by atoms with Crippen LogP contribution in [-0.2, 0) is 0 Å². The molecule has 5 nitrogen and oxygen atoms in total. The number of benzene rings is 1. The molecule has 0 bridgehead atoms. The molecular formula is C10H11N3O2. The van der Waals surface area contributed by atoms with Crippen LogP contribution in [0.15, 0.2) is 29.3 Å². The molecule has 1 aromatic carbocycles. The van der Waals surface area contributed by atoms with Crippen LogP contribution in [0.3, 0.4) is 0 Å². The molecule has 0 spiro atoms. The monoisotopic (exact) mass is 205 g/mol. The average molecular weight is 205 g/mol. The topological polar surface area (TPSA) is 78.9 Å². The fourth-order valence-electron chi connectivity index (χ4n) is 1.53. The number of aliphatic imine (C=N–C) groups is 1. The zero-order valence-electron chi connectivity index (χ0n) is 8.05. The number of carboxylic acid groups (broad SMARTS) is 1. The van der Waals surface area contributed by atoms with Gasteiger partial charge in [-0.1, -0.05) is 6.07 Å². The zero-order chi connectivity index (χ0) is 10.8. The summed E-state index contributed by atoms with van der Waals surface area (Å²) in [5.41, 5.74) is 6.69. The van der Waals surface area contributed by atoms with Crippen LogP contribution in [-0.4, -0.2) is 30.1 Å². The van der Waals surface area contributed by atoms with Gasteiger partial charge in [0.25, 0.3) is 0 Å². The molecule has 0 radical (unpaired) electrons. The van der Waals surface area contributed by atoms with Crippen LogP contribution in [0.4, 0.5) is 5.69 Å². The first-order valence-electron chi connectivity index (χ1n) is 4.59. The Bertz CT molecular complexity index is 428. The van der Waals surface area contributed by atoms with E-state index < -0.39 is 5.97 Å². The van der Waals surface area contributed by atoms with Gasteiger partial charge in [-0.25, -0.2) is 4.79 Å². The molecule has 1 aliphatic rings. The maximum atomic E-state index is 10.8. The molecule has 0 atom stereocenters. The molecule has 15 heavy (non-hydrogen) atoms. The van der Waals surface area contributed by atoms with E-state index in [2.05, 4.69) is 4.99 Å². The number of hydrogen-bond acceptors (Lipinski definition) is 4. The molecule has 0 unspecified atom stereocenters. The summed E-state index contributed by atoms with van der Waals surface area (Å²) in [6, 6.07) is 6.66. The summed E-state index contributed by atoms with van der Waals surface area (Å²) in [5, 5.41) is 8.84. The number of anilines is 1. The Hall–Kier alpha value is -2.04. The molecule has 78 valence electrons. The van der Waals surface area contributed by atoms with Crippen molar-refractivity contribution < 1.29 is 9.90 Å². The number of aromatic carboxylic acids is 1. The van der Waals surface area contributed by atoms with Crippen LogP contribution in [0.5, 0.6) is 0 Å². The van der Waals surface area contributed by atoms with Crippen molar-refractivity contribution in [1.29, 1.82) is 0 Å². The molecule has 3 N–H and O–H groups in total. The third-order valence-corrected chi connectivity index (χ3v) is 2.28. The van der Waals surface area contributed by atoms with Crippen molar-refractivity contribution in [1.82, 2.24) is 0 Å². The number of carbonyl (C=O) groups is 1. The lowest BCUT2D eigenvalue weighted by Crippen LogP contribution is -2.33. The minimum atomic E-state index is -0.938. The Kier molecular flexibility index (Phi) is 2.29. The summed E-state index contributed by atoms with van der Waals surface area (Å²) in [5.74, 6) is -0.496. The Morgan fingerprint density at radius 2 is 2.33 bits per heavy atom. The first-order chi connectivity index (χ1) is 7.18. The van der Waals surface area contributed by atoms with Crippen LogP contribution in [0, 0.1) is 0 Å². The van der Waals surface area contributed by atoms with Crippen molar-refractivity contribution >= 4 is 17.6 Å². The standard InChI is InChI=1S/C10H11N3O2/c11-10-12-4-5-13(10)8-3-1-2-7(6-8)9(14)15/h1-3,6H,4-5H2,(H2,11,12)(H,14,15). The molecule has 2 rings (SSSR count). The molecule has 0 saturated carbocycles. The normalized spacial score (nSPS) is 15.2. The Morgan fingerprint density at radius 3 is 2.93 bits per heavy atom. The zero-order valence-corrected chi connectivity index (χ0v) is 8.05. The Morgan fingerprint density at radius 1 is 1.53 bits per heavy atom. The van der Waals surface area contributed by atoms with Gasteiger partial charge in [-0.15, -0.1) is 0 Å². The Balaban J connectivity index is 2.33. The quantitative estimate of drug-likeness (QED) is 0.737. The van der Waals surface area contributed by atoms with Gasteiger partial charge in [0.05, 0.1) is 12.1 Å². The summed E-state index contributed by atoms with van der Waals surface area (Å²) in [6.45, 7) is 1.36. The lowest BCUT2D eigenvalue weighted by molar-refractivity contribution is 0.0697. The number of rotatable bonds is 2. The predicted molar refractivity (Wildman–Crippen MR) is 57.2 cm³/mol. The van der Waals surface area contributed by atoms with Crippen molar-refractivity contribution in [3.05, 3.63) is 29.8 Å². The van der Waals surface area contributed by atoms with Gasteiger partial charge in [0.15, 0.2) is 5.96 Å². The Labute approximate surface area is 86.8 Å². The summed E-state index contributed by atoms with van der Waals surface area (Å²) in [7, 11) is 0. The highest BCUT2D eigenvalue weighted by molar-refractivity contribution is 5.98. The molecule has 0 aliphatic carbocycles. The molecule has 0 saturated heterocycles. The van der Waals surface area contributed by atoms with E-state index in [4.69, 9.17) is 10.8 Å². The van der Waals surface area contributed by atoms with Gasteiger partial charge in [0, 0.05) is 12.2 Å². The van der Waals surface area contributed by atoms with Crippen LogP contribution in [0.25, 0.3) is 0 Å². The molecule has 0 amide bonds. The fraction of sp³-hybridized carbons (Fsp3) is 0.200. The van der Waals surface area contributed by atoms with Crippen molar-refractivity contribution in [2.75, 3.05) is 18.0 Å². The minimum absolute atomic E-state index is 0.257. The summed E-state index contributed by atoms with van der Waals surface area (Å²) < 4.78 is 0. The van der Waals surface area contributed by atoms with E-state index in [-0.39, 0.29) is 5.56 Å². The van der Waals surface area contributed by atoms with E-state index in [0.29, 0.717) is 19.0 Å². The molecule has 0 aromatic heterocycles. The van der Waals surface area contributed by atoms with Crippen molar-refractivity contribution in [3.8, 4) is 0 Å². The fourth-order valence-corrected chi connectivity index (χ4v) is 1.53. The lowest BCUT2D eigenvalue weighted by atomic mass is 10.2. The van der Waals surface area contributed by atoms with Crippen LogP contribution >= 0.6 is 0 Å². The SMILES string of the molecule is NC1=NCCN1c1cccc(C(=O)O)c1. The van der Waals surface area contributed by atoms with Gasteiger partial charge >= 0.3 is 5.97 Å². The highest BCUT2D eigenvalue weighted by Crippen LogP contribution is 2.17. The van der Waals surface area contributed by atoms with E-state index in [0.717, 1.165) is 5.69 Å². The van der Waals surface area contributed by atoms with Gasteiger partial charge in [-0.05, 0) is 18.2 Å². The van der Waals surface area contributed by atoms with E-state index in [1.807, 2.05) is 6.07 Å². The number of guanidine groups is 1. The molecule has 1 aromatic rings. The maximum absolute atomic E-state index is 10.8. The van der Waals surface area contributed by atoms with E-state index >= 15 is 0 Å². The molecule has 5 heteroatoms. The van der Waals surface area contributed by atoms with Gasteiger partial charge in [-0.3, -0.25) is 4.99 Å². The van der Waals surface area contributed by atoms with E-state index in [9.17, 15) is 4.79 Å². The maximum Gasteiger partial charge on any atom is 0.335 e. The molecule has 0 fully saturated rings. The largest absolute Gasteiger partial charge is 0.478 e. The molecule has 1 heterocycles. The van der Waals surface area contributed by atoms with Crippen molar-refractivity contribution in [3.63, 3.8) is 0 Å². The molecule has 1 aliphatic heterocycles. The number of carboxylic acids is 1. The van der Waals surface area contributed by atoms with Crippen LogP contribution in [0.1, 0.15) is 10.4 Å². The third kappa shape index (κ3) is 1.76. The minimum Gasteiger partial charge on any atom is -0.478 e. The van der Waals surface area contributed by atoms with E-state index in [1.54, 1.807) is 23.1 Å². The average Bonchev–Trinajstić information content (AvgIpc) is 2.64. The summed E-state index contributed by atoms with van der Waals surface area (Å²) >= 11 is 0. The second-order valence-corrected chi connectivity index (χ2v) is 3.25. The van der Waals surface area contributed by atoms with Gasteiger partial charge < -0.3 is 15.7 Å². The van der Waals surface area contributed by atoms with Gasteiger partial charge in [0.1, 0.15) is 0 Å². The second-order valence-electron chi connectivity index (χ2n) is 3.25. The van der Waals surface area contributed by atoms with Crippen molar-refractivity contribution in [2.45, 2.75) is 0 Å². The highest BCUT2D eigenvalue weighted by Gasteiger charge is 2.16. The molecular weight excluding hydrogens is 194 g/mol. The first-order valence-corrected chi connectivity index (χ1v) is 4.59. The van der Waals surface area contributed by atoms with Crippen LogP contribution < -0.4 is 10.6 Å². The van der Waals surface area contributed by atoms with Gasteiger partial charge in [0.2, 0.25) is 0 Å². The number of nitrogens with two attached hydrogens (primary N) is 1. The van der Waals surface area contributed by atoms with Gasteiger partial charge in [-0.2, -0.15) is 0 Å². The predicted octanol–water partition coefficient (Wildman–Crippen LogP) is 0.519. The smallest absolute Gasteiger partial charge is 0.335 e.